The molecule has 0 heterocycles. The molecule has 7 atom stereocenters. The van der Waals surface area contributed by atoms with Gasteiger partial charge in [-0.25, -0.2) is 0 Å². The standard InChI is InChI=1S/C21H34N/c1-13(2)11-16-12-15(4)17-9-10-21(5,22-6)18-8-7-14(3)19(16)20(17)18/h15-20H,1,3,7-12H2,2,4-6H3/q-1/t15-,16+,17+,18-,19-,20+,21+/m1/s1. The van der Waals surface area contributed by atoms with Crippen LogP contribution in [-0.2, 0) is 0 Å². The Bertz CT molecular complexity index is 465. The first kappa shape index (κ1) is 16.3. The molecule has 0 unspecified atom stereocenters. The van der Waals surface area contributed by atoms with E-state index in [1.165, 1.54) is 44.1 Å². The molecule has 0 amide bonds. The summed E-state index contributed by atoms with van der Waals surface area (Å²) in [5.41, 5.74) is 3.11. The van der Waals surface area contributed by atoms with Gasteiger partial charge >= 0.3 is 0 Å². The molecule has 0 radical (unpaired) electrons. The molecule has 3 fully saturated rings. The monoisotopic (exact) mass is 300 g/mol. The number of hydrogen-bond acceptors (Lipinski definition) is 0. The second-order valence-electron chi connectivity index (χ2n) is 8.82. The lowest BCUT2D eigenvalue weighted by atomic mass is 9.46. The summed E-state index contributed by atoms with van der Waals surface area (Å²) < 4.78 is 0. The van der Waals surface area contributed by atoms with Gasteiger partial charge in [-0.2, -0.15) is 7.05 Å². The van der Waals surface area contributed by atoms with Crippen LogP contribution < -0.4 is 0 Å². The van der Waals surface area contributed by atoms with Crippen LogP contribution in [0.2, 0.25) is 0 Å². The Balaban J connectivity index is 1.96. The van der Waals surface area contributed by atoms with E-state index < -0.39 is 0 Å². The summed E-state index contributed by atoms with van der Waals surface area (Å²) in [6.07, 6.45) is 7.79. The molecule has 0 aromatic heterocycles. The molecule has 3 aliphatic rings. The van der Waals surface area contributed by atoms with Crippen molar-refractivity contribution in [2.24, 2.45) is 35.5 Å². The molecule has 0 aliphatic heterocycles. The van der Waals surface area contributed by atoms with E-state index in [0.717, 1.165) is 35.5 Å². The number of allylic oxidation sites excluding steroid dienone is 2. The van der Waals surface area contributed by atoms with Gasteiger partial charge in [-0.1, -0.05) is 50.3 Å². The zero-order valence-corrected chi connectivity index (χ0v) is 15.1. The smallest absolute Gasteiger partial charge is 0.0141 e. The van der Waals surface area contributed by atoms with E-state index in [1.54, 1.807) is 5.57 Å². The molecule has 0 spiro atoms. The third-order valence-corrected chi connectivity index (χ3v) is 7.44. The summed E-state index contributed by atoms with van der Waals surface area (Å²) >= 11 is 0. The average molecular weight is 301 g/mol. The molecule has 0 bridgehead atoms. The van der Waals surface area contributed by atoms with Gasteiger partial charge in [0.1, 0.15) is 0 Å². The van der Waals surface area contributed by atoms with Crippen LogP contribution in [0.3, 0.4) is 0 Å². The van der Waals surface area contributed by atoms with Crippen molar-refractivity contribution in [3.8, 4) is 0 Å². The molecule has 0 aromatic rings. The predicted molar refractivity (Wildman–Crippen MR) is 96.0 cm³/mol. The maximum atomic E-state index is 4.88. The zero-order valence-electron chi connectivity index (χ0n) is 15.1. The maximum Gasteiger partial charge on any atom is -0.0141 e. The van der Waals surface area contributed by atoms with Crippen molar-refractivity contribution in [3.63, 3.8) is 0 Å². The van der Waals surface area contributed by atoms with E-state index in [2.05, 4.69) is 41.0 Å². The SMILES string of the molecule is C=C(C)C[C@H]1C[C@@H](C)[C@@H]2CC[C@](C)([N-]C)[C@@H]3CCC(=C)[C@H]1[C@@H]23. The average Bonchev–Trinajstić information content (AvgIpc) is 2.45. The number of nitrogens with zero attached hydrogens (tertiary/aromatic N) is 1. The van der Waals surface area contributed by atoms with Gasteiger partial charge in [-0.3, -0.25) is 0 Å². The third-order valence-electron chi connectivity index (χ3n) is 7.44. The van der Waals surface area contributed by atoms with Crippen LogP contribution in [0.5, 0.6) is 0 Å². The maximum absolute atomic E-state index is 4.88. The molecule has 1 heteroatoms. The Labute approximate surface area is 137 Å². The van der Waals surface area contributed by atoms with Crippen LogP contribution in [0.15, 0.2) is 24.3 Å². The minimum atomic E-state index is 0.213. The zero-order chi connectivity index (χ0) is 16.1. The summed E-state index contributed by atoms with van der Waals surface area (Å²) in [4.78, 5) is 0. The highest BCUT2D eigenvalue weighted by Gasteiger charge is 2.53. The van der Waals surface area contributed by atoms with Gasteiger partial charge < -0.3 is 5.32 Å². The van der Waals surface area contributed by atoms with Gasteiger partial charge in [0.25, 0.3) is 0 Å². The molecule has 124 valence electrons. The van der Waals surface area contributed by atoms with Gasteiger partial charge in [-0.05, 0) is 62.2 Å². The normalized spacial score (nSPS) is 47.9. The third kappa shape index (κ3) is 2.50. The van der Waals surface area contributed by atoms with Crippen molar-refractivity contribution < 1.29 is 0 Å². The van der Waals surface area contributed by atoms with E-state index in [9.17, 15) is 0 Å². The van der Waals surface area contributed by atoms with Crippen LogP contribution >= 0.6 is 0 Å². The lowest BCUT2D eigenvalue weighted by Crippen LogP contribution is -2.55. The number of hydrogen-bond donors (Lipinski definition) is 0. The van der Waals surface area contributed by atoms with Crippen LogP contribution in [0.4, 0.5) is 0 Å². The van der Waals surface area contributed by atoms with Gasteiger partial charge in [-0.15, -0.1) is 12.1 Å². The van der Waals surface area contributed by atoms with Crippen molar-refractivity contribution in [2.75, 3.05) is 7.05 Å². The van der Waals surface area contributed by atoms with E-state index >= 15 is 0 Å². The van der Waals surface area contributed by atoms with Crippen molar-refractivity contribution in [3.05, 3.63) is 29.6 Å². The Hall–Kier alpha value is -0.560. The lowest BCUT2D eigenvalue weighted by Gasteiger charge is -2.65. The second kappa shape index (κ2) is 5.82. The highest BCUT2D eigenvalue weighted by molar-refractivity contribution is 5.22. The van der Waals surface area contributed by atoms with Gasteiger partial charge in [0.2, 0.25) is 0 Å². The molecule has 3 saturated carbocycles. The van der Waals surface area contributed by atoms with Gasteiger partial charge in [0, 0.05) is 0 Å². The summed E-state index contributed by atoms with van der Waals surface area (Å²) in [7, 11) is 2.05. The van der Waals surface area contributed by atoms with Gasteiger partial charge in [0.15, 0.2) is 0 Å². The van der Waals surface area contributed by atoms with Crippen LogP contribution in [0.25, 0.3) is 5.32 Å². The van der Waals surface area contributed by atoms with Crippen molar-refractivity contribution in [1.82, 2.24) is 0 Å². The van der Waals surface area contributed by atoms with Crippen LogP contribution in [0, 0.1) is 35.5 Å². The molecule has 0 N–H and O–H groups in total. The van der Waals surface area contributed by atoms with E-state index in [4.69, 9.17) is 5.32 Å². The minimum absolute atomic E-state index is 0.213. The van der Waals surface area contributed by atoms with E-state index in [-0.39, 0.29) is 5.54 Å². The van der Waals surface area contributed by atoms with Crippen LogP contribution in [-0.4, -0.2) is 12.6 Å². The lowest BCUT2D eigenvalue weighted by molar-refractivity contribution is -0.0507. The quantitative estimate of drug-likeness (QED) is 0.569. The topological polar surface area (TPSA) is 14.1 Å². The highest BCUT2D eigenvalue weighted by atomic mass is 15.0. The van der Waals surface area contributed by atoms with E-state index in [1.807, 2.05) is 0 Å². The Morgan fingerprint density at radius 1 is 1.36 bits per heavy atom. The Morgan fingerprint density at radius 3 is 2.73 bits per heavy atom. The summed E-state index contributed by atoms with van der Waals surface area (Å²) in [5, 5.41) is 4.88. The molecule has 3 rings (SSSR count). The largest absolute Gasteiger partial charge is 0.659 e. The molecule has 0 saturated heterocycles. The van der Waals surface area contributed by atoms with Gasteiger partial charge in [0.05, 0.1) is 0 Å². The Kier molecular flexibility index (Phi) is 4.31. The van der Waals surface area contributed by atoms with Crippen molar-refractivity contribution in [2.45, 2.75) is 64.8 Å². The fourth-order valence-corrected chi connectivity index (χ4v) is 6.40. The predicted octanol–water partition coefficient (Wildman–Crippen LogP) is 5.98. The molecule has 1 nitrogen and oxygen atoms in total. The van der Waals surface area contributed by atoms with Crippen molar-refractivity contribution >= 4 is 0 Å². The summed E-state index contributed by atoms with van der Waals surface area (Å²) in [6, 6.07) is 0. The Morgan fingerprint density at radius 2 is 2.09 bits per heavy atom. The molecule has 0 aromatic carbocycles. The first-order chi connectivity index (χ1) is 10.4. The van der Waals surface area contributed by atoms with Crippen LogP contribution in [0.1, 0.15) is 59.3 Å². The fraction of sp³-hybridized carbons (Fsp3) is 0.810. The molecule has 3 aliphatic carbocycles. The highest BCUT2D eigenvalue weighted by Crippen LogP contribution is 2.61. The first-order valence-corrected chi connectivity index (χ1v) is 9.30. The van der Waals surface area contributed by atoms with Crippen molar-refractivity contribution in [1.29, 1.82) is 0 Å². The second-order valence-corrected chi connectivity index (χ2v) is 8.82. The molecular formula is C21H34N-. The molecular weight excluding hydrogens is 266 g/mol. The first-order valence-electron chi connectivity index (χ1n) is 9.30. The fourth-order valence-electron chi connectivity index (χ4n) is 6.40. The summed E-state index contributed by atoms with van der Waals surface area (Å²) in [5.74, 6) is 4.89. The number of rotatable bonds is 3. The van der Waals surface area contributed by atoms with E-state index in [0.29, 0.717) is 0 Å². The summed E-state index contributed by atoms with van der Waals surface area (Å²) in [6.45, 7) is 15.9. The molecule has 22 heavy (non-hydrogen) atoms. The minimum Gasteiger partial charge on any atom is -0.659 e.